The molecular formula is C11H22N2O2. The summed E-state index contributed by atoms with van der Waals surface area (Å²) in [6, 6.07) is 0. The Hall–Kier alpha value is -0.610. The van der Waals surface area contributed by atoms with Crippen molar-refractivity contribution >= 4 is 5.91 Å². The Morgan fingerprint density at radius 3 is 2.40 bits per heavy atom. The Balaban J connectivity index is 2.46. The Bertz CT molecular complexity index is 199. The molecule has 1 saturated carbocycles. The highest BCUT2D eigenvalue weighted by atomic mass is 16.5. The summed E-state index contributed by atoms with van der Waals surface area (Å²) in [5, 5.41) is 2.56. The number of carbonyl (C=O) groups is 1. The molecule has 0 aliphatic heterocycles. The van der Waals surface area contributed by atoms with Crippen LogP contribution in [0, 0.1) is 0 Å². The second-order valence-corrected chi connectivity index (χ2v) is 4.26. The normalized spacial score (nSPS) is 20.7. The fourth-order valence-corrected chi connectivity index (χ4v) is 2.07. The number of amides is 1. The van der Waals surface area contributed by atoms with Gasteiger partial charge in [0.1, 0.15) is 6.61 Å². The maximum Gasteiger partial charge on any atom is 0.245 e. The molecule has 1 aliphatic carbocycles. The van der Waals surface area contributed by atoms with E-state index in [2.05, 4.69) is 5.32 Å². The van der Waals surface area contributed by atoms with Crippen LogP contribution in [0.2, 0.25) is 0 Å². The summed E-state index contributed by atoms with van der Waals surface area (Å²) in [6.07, 6.45) is 6.80. The van der Waals surface area contributed by atoms with Gasteiger partial charge in [-0.1, -0.05) is 25.7 Å². The summed E-state index contributed by atoms with van der Waals surface area (Å²) >= 11 is 0. The third-order valence-electron chi connectivity index (χ3n) is 3.18. The van der Waals surface area contributed by atoms with Gasteiger partial charge >= 0.3 is 0 Å². The molecule has 4 nitrogen and oxygen atoms in total. The summed E-state index contributed by atoms with van der Waals surface area (Å²) in [5.41, 5.74) is 5.53. The quantitative estimate of drug-likeness (QED) is 0.680. The van der Waals surface area contributed by atoms with Crippen LogP contribution in [0.1, 0.15) is 38.5 Å². The lowest BCUT2D eigenvalue weighted by Crippen LogP contribution is -2.42. The zero-order valence-electron chi connectivity index (χ0n) is 9.55. The van der Waals surface area contributed by atoms with E-state index in [1.807, 2.05) is 0 Å². The van der Waals surface area contributed by atoms with Crippen molar-refractivity contribution < 1.29 is 9.53 Å². The van der Waals surface area contributed by atoms with E-state index >= 15 is 0 Å². The van der Waals surface area contributed by atoms with Crippen LogP contribution >= 0.6 is 0 Å². The van der Waals surface area contributed by atoms with Gasteiger partial charge in [-0.05, 0) is 12.8 Å². The summed E-state index contributed by atoms with van der Waals surface area (Å²) < 4.78 is 5.72. The molecule has 15 heavy (non-hydrogen) atoms. The third kappa shape index (κ3) is 3.80. The van der Waals surface area contributed by atoms with Crippen LogP contribution in [-0.2, 0) is 9.53 Å². The molecule has 0 radical (unpaired) electrons. The minimum absolute atomic E-state index is 0.0768. The molecule has 88 valence electrons. The largest absolute Gasteiger partial charge is 0.364 e. The van der Waals surface area contributed by atoms with Crippen LogP contribution in [0.15, 0.2) is 0 Å². The number of nitrogens with two attached hydrogens (primary N) is 1. The molecule has 0 spiro atoms. The Labute approximate surface area is 91.5 Å². The lowest BCUT2D eigenvalue weighted by molar-refractivity contribution is -0.133. The number of likely N-dealkylation sites (N-methyl/N-ethyl adjacent to an activating group) is 1. The van der Waals surface area contributed by atoms with Gasteiger partial charge < -0.3 is 15.8 Å². The smallest absolute Gasteiger partial charge is 0.245 e. The zero-order chi connectivity index (χ0) is 11.1. The highest BCUT2D eigenvalue weighted by molar-refractivity contribution is 5.76. The van der Waals surface area contributed by atoms with Crippen LogP contribution < -0.4 is 11.1 Å². The Kier molecular flexibility index (Phi) is 5.05. The van der Waals surface area contributed by atoms with Gasteiger partial charge in [0.25, 0.3) is 0 Å². The molecule has 1 fully saturated rings. The first-order valence-electron chi connectivity index (χ1n) is 5.77. The van der Waals surface area contributed by atoms with Gasteiger partial charge in [0.2, 0.25) is 5.91 Å². The van der Waals surface area contributed by atoms with Crippen molar-refractivity contribution in [1.29, 1.82) is 0 Å². The zero-order valence-corrected chi connectivity index (χ0v) is 9.55. The molecule has 4 heteroatoms. The summed E-state index contributed by atoms with van der Waals surface area (Å²) in [7, 11) is 1.62. The topological polar surface area (TPSA) is 64.3 Å². The van der Waals surface area contributed by atoms with E-state index in [1.54, 1.807) is 7.05 Å². The molecule has 1 rings (SSSR count). The first-order valence-corrected chi connectivity index (χ1v) is 5.77. The van der Waals surface area contributed by atoms with Crippen molar-refractivity contribution in [2.24, 2.45) is 5.73 Å². The fraction of sp³-hybridized carbons (Fsp3) is 0.909. The van der Waals surface area contributed by atoms with Crippen LogP contribution in [0.3, 0.4) is 0 Å². The average Bonchev–Trinajstić information content (AvgIpc) is 2.52. The molecule has 0 atom stereocenters. The summed E-state index contributed by atoms with van der Waals surface area (Å²) in [6.45, 7) is 0.650. The molecule has 0 aromatic carbocycles. The third-order valence-corrected chi connectivity index (χ3v) is 3.18. The molecule has 1 aliphatic rings. The number of hydrogen-bond acceptors (Lipinski definition) is 3. The van der Waals surface area contributed by atoms with E-state index in [-0.39, 0.29) is 18.1 Å². The van der Waals surface area contributed by atoms with Crippen molar-refractivity contribution in [2.45, 2.75) is 44.1 Å². The predicted molar refractivity (Wildman–Crippen MR) is 59.5 cm³/mol. The minimum Gasteiger partial charge on any atom is -0.364 e. The van der Waals surface area contributed by atoms with Gasteiger partial charge in [-0.15, -0.1) is 0 Å². The van der Waals surface area contributed by atoms with Gasteiger partial charge in [0, 0.05) is 13.6 Å². The molecular weight excluding hydrogens is 192 g/mol. The van der Waals surface area contributed by atoms with Crippen LogP contribution in [0.4, 0.5) is 0 Å². The molecule has 1 amide bonds. The van der Waals surface area contributed by atoms with Gasteiger partial charge in [-0.2, -0.15) is 0 Å². The lowest BCUT2D eigenvalue weighted by atomic mass is 9.94. The maximum atomic E-state index is 11.1. The van der Waals surface area contributed by atoms with Crippen molar-refractivity contribution in [3.05, 3.63) is 0 Å². The van der Waals surface area contributed by atoms with E-state index in [0.29, 0.717) is 6.54 Å². The van der Waals surface area contributed by atoms with Gasteiger partial charge in [-0.3, -0.25) is 4.79 Å². The molecule has 0 bridgehead atoms. The molecule has 0 aromatic heterocycles. The first kappa shape index (κ1) is 12.5. The minimum atomic E-state index is -0.247. The van der Waals surface area contributed by atoms with Gasteiger partial charge in [0.05, 0.1) is 5.60 Å². The van der Waals surface area contributed by atoms with Crippen molar-refractivity contribution in [2.75, 3.05) is 20.2 Å². The maximum absolute atomic E-state index is 11.1. The Morgan fingerprint density at radius 1 is 1.33 bits per heavy atom. The average molecular weight is 214 g/mol. The summed E-state index contributed by atoms with van der Waals surface area (Å²) in [5.74, 6) is -0.0768. The van der Waals surface area contributed by atoms with Gasteiger partial charge in [-0.25, -0.2) is 0 Å². The second-order valence-electron chi connectivity index (χ2n) is 4.26. The molecule has 0 saturated heterocycles. The van der Waals surface area contributed by atoms with E-state index in [9.17, 15) is 4.79 Å². The van der Waals surface area contributed by atoms with Crippen LogP contribution in [0.5, 0.6) is 0 Å². The highest BCUT2D eigenvalue weighted by Crippen LogP contribution is 2.29. The highest BCUT2D eigenvalue weighted by Gasteiger charge is 2.30. The predicted octanol–water partition coefficient (Wildman–Crippen LogP) is 0.801. The molecule has 3 N–H and O–H groups in total. The van der Waals surface area contributed by atoms with Crippen molar-refractivity contribution in [1.82, 2.24) is 5.32 Å². The standard InChI is InChI=1S/C11H22N2O2/c1-13-10(14)8-15-11(9-12)6-4-2-3-5-7-11/h2-9,12H2,1H3,(H,13,14). The fourth-order valence-electron chi connectivity index (χ4n) is 2.07. The van der Waals surface area contributed by atoms with Crippen molar-refractivity contribution in [3.63, 3.8) is 0 Å². The number of carbonyl (C=O) groups excluding carboxylic acids is 1. The summed E-state index contributed by atoms with van der Waals surface area (Å²) in [4.78, 5) is 11.1. The monoisotopic (exact) mass is 214 g/mol. The molecule has 0 unspecified atom stereocenters. The lowest BCUT2D eigenvalue weighted by Gasteiger charge is -2.31. The number of hydrogen-bond donors (Lipinski definition) is 2. The second kappa shape index (κ2) is 6.08. The Morgan fingerprint density at radius 2 is 1.93 bits per heavy atom. The van der Waals surface area contributed by atoms with E-state index < -0.39 is 0 Å². The van der Waals surface area contributed by atoms with Crippen LogP contribution in [0.25, 0.3) is 0 Å². The first-order chi connectivity index (χ1) is 7.22. The van der Waals surface area contributed by atoms with E-state index in [4.69, 9.17) is 10.5 Å². The van der Waals surface area contributed by atoms with Gasteiger partial charge in [0.15, 0.2) is 0 Å². The number of ether oxygens (including phenoxy) is 1. The van der Waals surface area contributed by atoms with Crippen LogP contribution in [-0.4, -0.2) is 31.7 Å². The van der Waals surface area contributed by atoms with E-state index in [1.165, 1.54) is 12.8 Å². The molecule has 0 heterocycles. The molecule has 0 aromatic rings. The SMILES string of the molecule is CNC(=O)COC1(CN)CCCCCC1. The van der Waals surface area contributed by atoms with E-state index in [0.717, 1.165) is 25.7 Å². The number of nitrogens with one attached hydrogen (secondary N) is 1. The van der Waals surface area contributed by atoms with Crippen molar-refractivity contribution in [3.8, 4) is 0 Å². The number of rotatable bonds is 4.